The molecular formula is C26H36N4O3. The molecule has 1 saturated heterocycles. The van der Waals surface area contributed by atoms with E-state index in [1.165, 1.54) is 5.56 Å². The van der Waals surface area contributed by atoms with Crippen LogP contribution in [0.2, 0.25) is 0 Å². The SMILES string of the molecule is CC(C)(C)CCNC(=O)c1ccc(OC(=O)N2CCN(CCCc3cccnc3)CC2)cc1. The van der Waals surface area contributed by atoms with E-state index in [4.69, 9.17) is 4.74 Å². The Kier molecular flexibility index (Phi) is 8.83. The monoisotopic (exact) mass is 452 g/mol. The summed E-state index contributed by atoms with van der Waals surface area (Å²) >= 11 is 0. The van der Waals surface area contributed by atoms with E-state index in [-0.39, 0.29) is 17.4 Å². The second-order valence-electron chi connectivity index (χ2n) is 9.75. The summed E-state index contributed by atoms with van der Waals surface area (Å²) in [4.78, 5) is 33.1. The maximum Gasteiger partial charge on any atom is 0.415 e. The van der Waals surface area contributed by atoms with Gasteiger partial charge in [-0.15, -0.1) is 0 Å². The van der Waals surface area contributed by atoms with E-state index in [2.05, 4.69) is 42.0 Å². The Labute approximate surface area is 197 Å². The molecule has 7 heteroatoms. The minimum absolute atomic E-state index is 0.114. The normalized spacial score (nSPS) is 14.7. The molecule has 1 aromatic carbocycles. The van der Waals surface area contributed by atoms with Crippen molar-refractivity contribution >= 4 is 12.0 Å². The average Bonchev–Trinajstić information content (AvgIpc) is 2.80. The lowest BCUT2D eigenvalue weighted by Gasteiger charge is -2.34. The number of ether oxygens (including phenoxy) is 1. The van der Waals surface area contributed by atoms with E-state index in [0.29, 0.717) is 30.9 Å². The summed E-state index contributed by atoms with van der Waals surface area (Å²) in [6.45, 7) is 11.1. The number of amides is 2. The topological polar surface area (TPSA) is 74.8 Å². The van der Waals surface area contributed by atoms with E-state index in [9.17, 15) is 9.59 Å². The van der Waals surface area contributed by atoms with Crippen molar-refractivity contribution in [3.63, 3.8) is 0 Å². The molecule has 7 nitrogen and oxygen atoms in total. The van der Waals surface area contributed by atoms with E-state index in [1.807, 2.05) is 12.3 Å². The molecule has 0 radical (unpaired) electrons. The van der Waals surface area contributed by atoms with Gasteiger partial charge in [-0.3, -0.25) is 14.7 Å². The first-order valence-corrected chi connectivity index (χ1v) is 11.8. The number of aromatic nitrogens is 1. The van der Waals surface area contributed by atoms with Gasteiger partial charge in [0.1, 0.15) is 5.75 Å². The predicted molar refractivity (Wildman–Crippen MR) is 129 cm³/mol. The van der Waals surface area contributed by atoms with Crippen LogP contribution in [0.15, 0.2) is 48.8 Å². The number of benzene rings is 1. The highest BCUT2D eigenvalue weighted by Crippen LogP contribution is 2.18. The van der Waals surface area contributed by atoms with Crippen molar-refractivity contribution in [2.24, 2.45) is 5.41 Å². The summed E-state index contributed by atoms with van der Waals surface area (Å²) in [6, 6.07) is 10.8. The van der Waals surface area contributed by atoms with E-state index >= 15 is 0 Å². The van der Waals surface area contributed by atoms with Crippen LogP contribution in [-0.4, -0.2) is 66.1 Å². The van der Waals surface area contributed by atoms with E-state index in [1.54, 1.807) is 35.4 Å². The van der Waals surface area contributed by atoms with Crippen LogP contribution in [0.25, 0.3) is 0 Å². The molecule has 1 fully saturated rings. The quantitative estimate of drug-likeness (QED) is 0.655. The Morgan fingerprint density at radius 3 is 2.42 bits per heavy atom. The fraction of sp³-hybridized carbons (Fsp3) is 0.500. The average molecular weight is 453 g/mol. The van der Waals surface area contributed by atoms with Crippen LogP contribution in [0, 0.1) is 5.41 Å². The van der Waals surface area contributed by atoms with Crippen molar-refractivity contribution in [3.05, 3.63) is 59.9 Å². The fourth-order valence-electron chi connectivity index (χ4n) is 3.70. The van der Waals surface area contributed by atoms with Crippen LogP contribution in [-0.2, 0) is 6.42 Å². The molecule has 3 rings (SSSR count). The maximum absolute atomic E-state index is 12.5. The van der Waals surface area contributed by atoms with Gasteiger partial charge >= 0.3 is 6.09 Å². The summed E-state index contributed by atoms with van der Waals surface area (Å²) in [5, 5.41) is 2.93. The number of pyridine rings is 1. The molecule has 1 aliphatic rings. The molecule has 178 valence electrons. The van der Waals surface area contributed by atoms with Crippen LogP contribution in [0.4, 0.5) is 4.79 Å². The Morgan fingerprint density at radius 2 is 1.79 bits per heavy atom. The molecule has 2 amide bonds. The van der Waals surface area contributed by atoms with Gasteiger partial charge < -0.3 is 15.0 Å². The first kappa shape index (κ1) is 24.7. The lowest BCUT2D eigenvalue weighted by molar-refractivity contribution is 0.0949. The minimum atomic E-state index is -0.340. The van der Waals surface area contributed by atoms with Crippen molar-refractivity contribution in [3.8, 4) is 5.75 Å². The van der Waals surface area contributed by atoms with Crippen LogP contribution < -0.4 is 10.1 Å². The van der Waals surface area contributed by atoms with Crippen LogP contribution >= 0.6 is 0 Å². The maximum atomic E-state index is 12.5. The highest BCUT2D eigenvalue weighted by Gasteiger charge is 2.22. The van der Waals surface area contributed by atoms with Gasteiger partial charge in [0.05, 0.1) is 0 Å². The Morgan fingerprint density at radius 1 is 1.06 bits per heavy atom. The molecule has 1 aliphatic heterocycles. The van der Waals surface area contributed by atoms with Crippen molar-refractivity contribution in [1.29, 1.82) is 0 Å². The number of rotatable bonds is 8. The molecule has 2 heterocycles. The lowest BCUT2D eigenvalue weighted by atomic mass is 9.92. The molecule has 0 aliphatic carbocycles. The predicted octanol–water partition coefficient (Wildman–Crippen LogP) is 4.00. The summed E-state index contributed by atoms with van der Waals surface area (Å²) in [6.07, 6.45) is 6.37. The van der Waals surface area contributed by atoms with Gasteiger partial charge in [0, 0.05) is 50.7 Å². The third kappa shape index (κ3) is 8.50. The van der Waals surface area contributed by atoms with Crippen LogP contribution in [0.3, 0.4) is 0 Å². The number of nitrogens with one attached hydrogen (secondary N) is 1. The molecule has 0 spiro atoms. The summed E-state index contributed by atoms with van der Waals surface area (Å²) in [5.41, 5.74) is 1.99. The van der Waals surface area contributed by atoms with Crippen LogP contribution in [0.5, 0.6) is 5.75 Å². The number of hydrogen-bond acceptors (Lipinski definition) is 5. The molecule has 0 unspecified atom stereocenters. The van der Waals surface area contributed by atoms with Crippen LogP contribution in [0.1, 0.15) is 49.5 Å². The Hall–Kier alpha value is -2.93. The number of nitrogens with zero attached hydrogens (tertiary/aromatic N) is 3. The zero-order valence-electron chi connectivity index (χ0n) is 20.0. The van der Waals surface area contributed by atoms with Gasteiger partial charge in [-0.25, -0.2) is 4.79 Å². The van der Waals surface area contributed by atoms with E-state index in [0.717, 1.165) is 38.9 Å². The molecule has 1 aromatic heterocycles. The van der Waals surface area contributed by atoms with Gasteiger partial charge in [0.25, 0.3) is 5.91 Å². The number of carbonyl (C=O) groups is 2. The smallest absolute Gasteiger partial charge is 0.410 e. The van der Waals surface area contributed by atoms with Crippen molar-refractivity contribution in [2.45, 2.75) is 40.0 Å². The molecular weight excluding hydrogens is 416 g/mol. The van der Waals surface area contributed by atoms with Crippen molar-refractivity contribution < 1.29 is 14.3 Å². The highest BCUT2D eigenvalue weighted by atomic mass is 16.6. The largest absolute Gasteiger partial charge is 0.415 e. The van der Waals surface area contributed by atoms with Gasteiger partial charge in [-0.05, 0) is 67.1 Å². The minimum Gasteiger partial charge on any atom is -0.410 e. The standard InChI is InChI=1S/C26H36N4O3/c1-26(2,3)12-14-28-24(31)22-8-10-23(11-9-22)33-25(32)30-18-16-29(17-19-30)15-5-7-21-6-4-13-27-20-21/h4,6,8-11,13,20H,5,7,12,14-19H2,1-3H3,(H,28,31). The molecule has 0 bridgehead atoms. The number of hydrogen-bond donors (Lipinski definition) is 1. The van der Waals surface area contributed by atoms with Gasteiger partial charge in [-0.2, -0.15) is 0 Å². The van der Waals surface area contributed by atoms with E-state index < -0.39 is 0 Å². The molecule has 1 N–H and O–H groups in total. The Bertz CT molecular complexity index is 886. The number of carbonyl (C=O) groups excluding carboxylic acids is 2. The van der Waals surface area contributed by atoms with Crippen molar-refractivity contribution in [1.82, 2.24) is 20.1 Å². The zero-order chi connectivity index (χ0) is 23.7. The third-order valence-electron chi connectivity index (χ3n) is 5.78. The van der Waals surface area contributed by atoms with Gasteiger partial charge in [-0.1, -0.05) is 26.8 Å². The summed E-state index contributed by atoms with van der Waals surface area (Å²) in [7, 11) is 0. The lowest BCUT2D eigenvalue weighted by Crippen LogP contribution is -2.49. The second kappa shape index (κ2) is 11.8. The summed E-state index contributed by atoms with van der Waals surface area (Å²) < 4.78 is 5.52. The number of aryl methyl sites for hydroxylation is 1. The summed E-state index contributed by atoms with van der Waals surface area (Å²) in [5.74, 6) is 0.335. The van der Waals surface area contributed by atoms with Crippen molar-refractivity contribution in [2.75, 3.05) is 39.3 Å². The zero-order valence-corrected chi connectivity index (χ0v) is 20.0. The Balaban J connectivity index is 1.36. The van der Waals surface area contributed by atoms with Gasteiger partial charge in [0.2, 0.25) is 0 Å². The first-order chi connectivity index (χ1) is 15.8. The second-order valence-corrected chi connectivity index (χ2v) is 9.75. The molecule has 2 aromatic rings. The number of piperazine rings is 1. The fourth-order valence-corrected chi connectivity index (χ4v) is 3.70. The first-order valence-electron chi connectivity index (χ1n) is 11.8. The van der Waals surface area contributed by atoms with Gasteiger partial charge in [0.15, 0.2) is 0 Å². The third-order valence-corrected chi connectivity index (χ3v) is 5.78. The molecule has 0 atom stereocenters. The molecule has 0 saturated carbocycles. The molecule has 33 heavy (non-hydrogen) atoms. The highest BCUT2D eigenvalue weighted by molar-refractivity contribution is 5.94.